The summed E-state index contributed by atoms with van der Waals surface area (Å²) < 4.78 is 36.7. The van der Waals surface area contributed by atoms with E-state index in [9.17, 15) is 8.42 Å². The van der Waals surface area contributed by atoms with E-state index in [1.807, 2.05) is 13.0 Å². The number of sulfonamides is 1. The molecule has 3 rings (SSSR count). The lowest BCUT2D eigenvalue weighted by molar-refractivity contribution is 0.0730. The normalized spacial score (nSPS) is 16.6. The summed E-state index contributed by atoms with van der Waals surface area (Å²) in [6, 6.07) is 5.16. The Bertz CT molecular complexity index is 753. The SMILES string of the molecule is Cc1cc(CSc2ccc(S(=O)(=O)N3CCOCC3)cn2)on1. The number of pyridine rings is 1. The number of rotatable bonds is 5. The van der Waals surface area contributed by atoms with E-state index >= 15 is 0 Å². The quantitative estimate of drug-likeness (QED) is 0.755. The third kappa shape index (κ3) is 3.92. The van der Waals surface area contributed by atoms with Crippen molar-refractivity contribution in [3.8, 4) is 0 Å². The van der Waals surface area contributed by atoms with E-state index in [2.05, 4.69) is 10.1 Å². The summed E-state index contributed by atoms with van der Waals surface area (Å²) in [5.74, 6) is 1.36. The van der Waals surface area contributed by atoms with Gasteiger partial charge in [0, 0.05) is 25.4 Å². The van der Waals surface area contributed by atoms with E-state index < -0.39 is 10.0 Å². The van der Waals surface area contributed by atoms with Gasteiger partial charge in [-0.3, -0.25) is 0 Å². The van der Waals surface area contributed by atoms with E-state index in [1.54, 1.807) is 12.1 Å². The molecule has 1 aliphatic rings. The summed E-state index contributed by atoms with van der Waals surface area (Å²) in [6.07, 6.45) is 1.40. The van der Waals surface area contributed by atoms with Gasteiger partial charge < -0.3 is 9.26 Å². The predicted molar refractivity (Wildman–Crippen MR) is 84.6 cm³/mol. The highest BCUT2D eigenvalue weighted by atomic mass is 32.2. The highest BCUT2D eigenvalue weighted by molar-refractivity contribution is 7.98. The molecular weight excluding hydrogens is 338 g/mol. The average Bonchev–Trinajstić information content (AvgIpc) is 3.00. The van der Waals surface area contributed by atoms with Gasteiger partial charge in [-0.05, 0) is 19.1 Å². The van der Waals surface area contributed by atoms with Gasteiger partial charge in [0.2, 0.25) is 10.0 Å². The smallest absolute Gasteiger partial charge is 0.244 e. The summed E-state index contributed by atoms with van der Waals surface area (Å²) >= 11 is 1.47. The molecule has 0 aromatic carbocycles. The minimum Gasteiger partial charge on any atom is -0.379 e. The van der Waals surface area contributed by atoms with Crippen LogP contribution >= 0.6 is 11.8 Å². The Labute approximate surface area is 139 Å². The molecule has 1 aliphatic heterocycles. The van der Waals surface area contributed by atoms with Gasteiger partial charge in [-0.1, -0.05) is 16.9 Å². The lowest BCUT2D eigenvalue weighted by Gasteiger charge is -2.25. The fourth-order valence-corrected chi connectivity index (χ4v) is 4.24. The molecule has 3 heterocycles. The number of thioether (sulfide) groups is 1. The zero-order valence-corrected chi connectivity index (χ0v) is 14.3. The molecule has 1 saturated heterocycles. The van der Waals surface area contributed by atoms with Crippen molar-refractivity contribution in [1.29, 1.82) is 0 Å². The molecule has 0 N–H and O–H groups in total. The third-order valence-corrected chi connectivity index (χ3v) is 6.20. The Kier molecular flexibility index (Phi) is 5.00. The summed E-state index contributed by atoms with van der Waals surface area (Å²) in [5.41, 5.74) is 0.834. The van der Waals surface area contributed by atoms with Gasteiger partial charge in [-0.2, -0.15) is 4.31 Å². The minimum atomic E-state index is -3.49. The maximum absolute atomic E-state index is 12.5. The number of ether oxygens (including phenoxy) is 1. The molecule has 0 amide bonds. The molecule has 2 aromatic heterocycles. The highest BCUT2D eigenvalue weighted by Gasteiger charge is 2.26. The van der Waals surface area contributed by atoms with Gasteiger partial charge in [0.15, 0.2) is 0 Å². The number of hydrogen-bond donors (Lipinski definition) is 0. The van der Waals surface area contributed by atoms with Crippen molar-refractivity contribution in [3.63, 3.8) is 0 Å². The lowest BCUT2D eigenvalue weighted by atomic mass is 10.4. The molecule has 2 aromatic rings. The Hall–Kier alpha value is -1.42. The molecule has 0 spiro atoms. The largest absolute Gasteiger partial charge is 0.379 e. The number of aryl methyl sites for hydroxylation is 1. The maximum Gasteiger partial charge on any atom is 0.244 e. The van der Waals surface area contributed by atoms with Gasteiger partial charge in [0.05, 0.1) is 29.7 Å². The van der Waals surface area contributed by atoms with Crippen molar-refractivity contribution in [1.82, 2.24) is 14.4 Å². The van der Waals surface area contributed by atoms with Gasteiger partial charge >= 0.3 is 0 Å². The van der Waals surface area contributed by atoms with Crippen molar-refractivity contribution < 1.29 is 17.7 Å². The zero-order chi connectivity index (χ0) is 16.3. The molecule has 0 saturated carbocycles. The second kappa shape index (κ2) is 7.00. The molecular formula is C14H17N3O4S2. The van der Waals surface area contributed by atoms with Gasteiger partial charge in [-0.15, -0.1) is 0 Å². The number of morpholine rings is 1. The van der Waals surface area contributed by atoms with Crippen LogP contribution in [0.4, 0.5) is 0 Å². The summed E-state index contributed by atoms with van der Waals surface area (Å²) in [5, 5.41) is 4.56. The van der Waals surface area contributed by atoms with Crippen LogP contribution in [-0.4, -0.2) is 49.2 Å². The zero-order valence-electron chi connectivity index (χ0n) is 12.6. The van der Waals surface area contributed by atoms with Crippen LogP contribution in [0.1, 0.15) is 11.5 Å². The van der Waals surface area contributed by atoms with E-state index in [4.69, 9.17) is 9.26 Å². The first-order valence-corrected chi connectivity index (χ1v) is 9.57. The van der Waals surface area contributed by atoms with Crippen LogP contribution in [0, 0.1) is 6.92 Å². The molecule has 124 valence electrons. The van der Waals surface area contributed by atoms with Gasteiger partial charge in [-0.25, -0.2) is 13.4 Å². The van der Waals surface area contributed by atoms with E-state index in [1.165, 1.54) is 22.3 Å². The second-order valence-corrected chi connectivity index (χ2v) is 8.01. The molecule has 0 atom stereocenters. The van der Waals surface area contributed by atoms with Crippen LogP contribution in [0.25, 0.3) is 0 Å². The van der Waals surface area contributed by atoms with Crippen LogP contribution in [0.2, 0.25) is 0 Å². The van der Waals surface area contributed by atoms with E-state index in [-0.39, 0.29) is 4.90 Å². The van der Waals surface area contributed by atoms with Crippen molar-refractivity contribution >= 4 is 21.8 Å². The van der Waals surface area contributed by atoms with E-state index in [0.29, 0.717) is 32.1 Å². The van der Waals surface area contributed by atoms with Crippen molar-refractivity contribution in [3.05, 3.63) is 35.9 Å². The lowest BCUT2D eigenvalue weighted by Crippen LogP contribution is -2.40. The Morgan fingerprint density at radius 2 is 2.09 bits per heavy atom. The number of aromatic nitrogens is 2. The van der Waals surface area contributed by atoms with Crippen LogP contribution < -0.4 is 0 Å². The molecule has 0 bridgehead atoms. The van der Waals surface area contributed by atoms with Crippen molar-refractivity contribution in [2.24, 2.45) is 0 Å². The first-order valence-electron chi connectivity index (χ1n) is 7.15. The molecule has 0 aliphatic carbocycles. The topological polar surface area (TPSA) is 85.5 Å². The number of nitrogens with zero attached hydrogens (tertiary/aromatic N) is 3. The fourth-order valence-electron chi connectivity index (χ4n) is 2.17. The molecule has 0 unspecified atom stereocenters. The van der Waals surface area contributed by atoms with E-state index in [0.717, 1.165) is 16.5 Å². The van der Waals surface area contributed by atoms with Crippen molar-refractivity contribution in [2.75, 3.05) is 26.3 Å². The first-order chi connectivity index (χ1) is 11.1. The Morgan fingerprint density at radius 3 is 2.70 bits per heavy atom. The monoisotopic (exact) mass is 355 g/mol. The molecule has 23 heavy (non-hydrogen) atoms. The molecule has 1 fully saturated rings. The summed E-state index contributed by atoms with van der Waals surface area (Å²) in [4.78, 5) is 4.43. The maximum atomic E-state index is 12.5. The third-order valence-electron chi connectivity index (χ3n) is 3.36. The Balaban J connectivity index is 1.66. The van der Waals surface area contributed by atoms with Crippen LogP contribution in [-0.2, 0) is 20.5 Å². The molecule has 9 heteroatoms. The molecule has 0 radical (unpaired) electrons. The van der Waals surface area contributed by atoms with Gasteiger partial charge in [0.25, 0.3) is 0 Å². The first kappa shape index (κ1) is 16.4. The number of hydrogen-bond acceptors (Lipinski definition) is 7. The average molecular weight is 355 g/mol. The standard InChI is InChI=1S/C14H17N3O4S2/c1-11-8-12(21-16-11)10-22-14-3-2-13(9-15-14)23(18,19)17-4-6-20-7-5-17/h2-3,8-9H,4-7,10H2,1H3. The molecule has 7 nitrogen and oxygen atoms in total. The van der Waals surface area contributed by atoms with Crippen molar-refractivity contribution in [2.45, 2.75) is 22.6 Å². The summed E-state index contributed by atoms with van der Waals surface area (Å²) in [6.45, 7) is 3.48. The minimum absolute atomic E-state index is 0.208. The van der Waals surface area contributed by atoms with Gasteiger partial charge in [0.1, 0.15) is 10.7 Å². The summed E-state index contributed by atoms with van der Waals surface area (Å²) in [7, 11) is -3.49. The second-order valence-electron chi connectivity index (χ2n) is 5.07. The highest BCUT2D eigenvalue weighted by Crippen LogP contribution is 2.23. The predicted octanol–water partition coefficient (Wildman–Crippen LogP) is 1.69. The van der Waals surface area contributed by atoms with Crippen LogP contribution in [0.3, 0.4) is 0 Å². The Morgan fingerprint density at radius 1 is 1.30 bits per heavy atom. The van der Waals surface area contributed by atoms with Crippen LogP contribution in [0.5, 0.6) is 0 Å². The fraction of sp³-hybridized carbons (Fsp3) is 0.429. The van der Waals surface area contributed by atoms with Crippen LogP contribution in [0.15, 0.2) is 38.8 Å².